The highest BCUT2D eigenvalue weighted by Gasteiger charge is 2.47. The quantitative estimate of drug-likeness (QED) is 0.749. The molecule has 0 spiro atoms. The highest BCUT2D eigenvalue weighted by Crippen LogP contribution is 2.53. The smallest absolute Gasteiger partial charge is 0.260 e. The number of benzene rings is 2. The van der Waals surface area contributed by atoms with Crippen molar-refractivity contribution in [3.8, 4) is 5.75 Å². The van der Waals surface area contributed by atoms with Crippen LogP contribution in [-0.4, -0.2) is 50.1 Å². The van der Waals surface area contributed by atoms with Crippen LogP contribution < -0.4 is 15.4 Å². The van der Waals surface area contributed by atoms with Crippen LogP contribution in [0.1, 0.15) is 42.0 Å². The molecule has 1 saturated carbocycles. The summed E-state index contributed by atoms with van der Waals surface area (Å²) < 4.78 is 5.96. The predicted octanol–water partition coefficient (Wildman–Crippen LogP) is 3.46. The van der Waals surface area contributed by atoms with Gasteiger partial charge in [-0.15, -0.1) is 0 Å². The number of piperazine rings is 1. The first-order chi connectivity index (χ1) is 15.2. The third kappa shape index (κ3) is 4.07. The average Bonchev–Trinajstić information content (AvgIpc) is 2.78. The van der Waals surface area contributed by atoms with Crippen molar-refractivity contribution in [1.82, 2.24) is 15.5 Å². The minimum atomic E-state index is 0.0607. The molecule has 5 nitrogen and oxygen atoms in total. The van der Waals surface area contributed by atoms with Gasteiger partial charge in [0.2, 0.25) is 0 Å². The summed E-state index contributed by atoms with van der Waals surface area (Å²) in [6.45, 7) is 4.29. The molecule has 2 aliphatic heterocycles. The zero-order valence-corrected chi connectivity index (χ0v) is 18.6. The van der Waals surface area contributed by atoms with E-state index in [9.17, 15) is 4.79 Å². The predicted molar refractivity (Wildman–Crippen MR) is 123 cm³/mol. The Balaban J connectivity index is 1.37. The van der Waals surface area contributed by atoms with Gasteiger partial charge in [0.25, 0.3) is 5.91 Å². The summed E-state index contributed by atoms with van der Waals surface area (Å²) in [5.74, 6) is 0.840. The fourth-order valence-corrected chi connectivity index (χ4v) is 5.47. The van der Waals surface area contributed by atoms with Crippen molar-refractivity contribution in [1.29, 1.82) is 0 Å². The lowest BCUT2D eigenvalue weighted by molar-refractivity contribution is -0.133. The molecule has 2 aromatic rings. The number of ether oxygens (including phenoxy) is 1. The molecule has 2 N–H and O–H groups in total. The van der Waals surface area contributed by atoms with Crippen LogP contribution in [-0.2, 0) is 16.6 Å². The summed E-state index contributed by atoms with van der Waals surface area (Å²) >= 11 is 6.16. The van der Waals surface area contributed by atoms with Gasteiger partial charge in [-0.1, -0.05) is 36.2 Å². The Morgan fingerprint density at radius 1 is 1.10 bits per heavy atom. The van der Waals surface area contributed by atoms with Crippen molar-refractivity contribution in [2.24, 2.45) is 0 Å². The maximum atomic E-state index is 12.5. The SMILES string of the molecule is O=C(COc1ccc2c(c1)C(C1(c3ccc(Cl)cc3)CCC1)NCC2)N1CCNCC1. The van der Waals surface area contributed by atoms with Gasteiger partial charge in [0.1, 0.15) is 5.75 Å². The standard InChI is InChI=1S/C25H30ClN3O2/c26-20-5-3-19(4-6-20)25(9-1-10-25)24-22-16-21(7-2-18(22)8-11-28-24)31-17-23(30)29-14-12-27-13-15-29/h2-7,16,24,27-28H,1,8-15,17H2. The summed E-state index contributed by atoms with van der Waals surface area (Å²) in [5, 5.41) is 7.86. The first-order valence-corrected chi connectivity index (χ1v) is 11.8. The lowest BCUT2D eigenvalue weighted by Gasteiger charge is -2.50. The lowest BCUT2D eigenvalue weighted by atomic mass is 9.58. The van der Waals surface area contributed by atoms with Crippen LogP contribution in [0.3, 0.4) is 0 Å². The van der Waals surface area contributed by atoms with Gasteiger partial charge in [-0.05, 0) is 66.8 Å². The van der Waals surface area contributed by atoms with E-state index in [0.717, 1.165) is 62.8 Å². The molecule has 31 heavy (non-hydrogen) atoms. The summed E-state index contributed by atoms with van der Waals surface area (Å²) in [5.41, 5.74) is 4.14. The van der Waals surface area contributed by atoms with E-state index in [-0.39, 0.29) is 24.0 Å². The van der Waals surface area contributed by atoms with E-state index in [4.69, 9.17) is 16.3 Å². The van der Waals surface area contributed by atoms with Gasteiger partial charge < -0.3 is 20.3 Å². The van der Waals surface area contributed by atoms with Crippen molar-refractivity contribution in [2.75, 3.05) is 39.3 Å². The van der Waals surface area contributed by atoms with E-state index in [1.807, 2.05) is 23.1 Å². The second-order valence-corrected chi connectivity index (χ2v) is 9.37. The molecule has 5 rings (SSSR count). The molecule has 0 bridgehead atoms. The minimum absolute atomic E-state index is 0.0607. The third-order valence-electron chi connectivity index (χ3n) is 7.22. The summed E-state index contributed by atoms with van der Waals surface area (Å²) in [6.07, 6.45) is 4.59. The van der Waals surface area contributed by atoms with Gasteiger partial charge >= 0.3 is 0 Å². The van der Waals surface area contributed by atoms with Crippen molar-refractivity contribution >= 4 is 17.5 Å². The molecule has 0 aromatic heterocycles. The van der Waals surface area contributed by atoms with Gasteiger partial charge in [-0.3, -0.25) is 4.79 Å². The van der Waals surface area contributed by atoms with E-state index in [1.54, 1.807) is 0 Å². The highest BCUT2D eigenvalue weighted by molar-refractivity contribution is 6.30. The molecule has 1 aliphatic carbocycles. The van der Waals surface area contributed by atoms with Crippen molar-refractivity contribution in [2.45, 2.75) is 37.1 Å². The molecule has 1 amide bonds. The molecule has 1 saturated heterocycles. The number of nitrogens with one attached hydrogen (secondary N) is 2. The Labute approximate surface area is 189 Å². The van der Waals surface area contributed by atoms with Crippen molar-refractivity contribution in [3.05, 3.63) is 64.2 Å². The van der Waals surface area contributed by atoms with Crippen molar-refractivity contribution < 1.29 is 9.53 Å². The van der Waals surface area contributed by atoms with Crippen LogP contribution in [0.4, 0.5) is 0 Å². The van der Waals surface area contributed by atoms with E-state index >= 15 is 0 Å². The zero-order valence-electron chi connectivity index (χ0n) is 17.8. The van der Waals surface area contributed by atoms with Crippen LogP contribution in [0.25, 0.3) is 0 Å². The molecule has 1 unspecified atom stereocenters. The number of hydrogen-bond donors (Lipinski definition) is 2. The maximum absolute atomic E-state index is 12.5. The number of nitrogens with zero attached hydrogens (tertiary/aromatic N) is 1. The van der Waals surface area contributed by atoms with Crippen LogP contribution in [0.15, 0.2) is 42.5 Å². The molecule has 6 heteroatoms. The van der Waals surface area contributed by atoms with Gasteiger partial charge in [0.15, 0.2) is 6.61 Å². The largest absolute Gasteiger partial charge is 0.484 e. The van der Waals surface area contributed by atoms with E-state index in [1.165, 1.54) is 23.1 Å². The maximum Gasteiger partial charge on any atom is 0.260 e. The summed E-state index contributed by atoms with van der Waals surface area (Å²) in [4.78, 5) is 14.4. The van der Waals surface area contributed by atoms with Gasteiger partial charge in [0.05, 0.1) is 0 Å². The topological polar surface area (TPSA) is 53.6 Å². The molecular formula is C25H30ClN3O2. The number of amides is 1. The second-order valence-electron chi connectivity index (χ2n) is 8.93. The minimum Gasteiger partial charge on any atom is -0.484 e. The first-order valence-electron chi connectivity index (χ1n) is 11.4. The van der Waals surface area contributed by atoms with Crippen molar-refractivity contribution in [3.63, 3.8) is 0 Å². The van der Waals surface area contributed by atoms with E-state index in [0.29, 0.717) is 0 Å². The number of carbonyl (C=O) groups is 1. The molecule has 3 aliphatic rings. The van der Waals surface area contributed by atoms with Crippen LogP contribution >= 0.6 is 11.6 Å². The highest BCUT2D eigenvalue weighted by atomic mass is 35.5. The van der Waals surface area contributed by atoms with Crippen LogP contribution in [0, 0.1) is 0 Å². The van der Waals surface area contributed by atoms with E-state index < -0.39 is 0 Å². The van der Waals surface area contributed by atoms with Gasteiger partial charge in [-0.2, -0.15) is 0 Å². The fraction of sp³-hybridized carbons (Fsp3) is 0.480. The second kappa shape index (κ2) is 8.81. The third-order valence-corrected chi connectivity index (χ3v) is 7.47. The Kier molecular flexibility index (Phi) is 5.91. The molecule has 2 fully saturated rings. The number of carbonyl (C=O) groups excluding carboxylic acids is 1. The number of hydrogen-bond acceptors (Lipinski definition) is 4. The normalized spacial score (nSPS) is 22.4. The van der Waals surface area contributed by atoms with Gasteiger partial charge in [-0.25, -0.2) is 0 Å². The Hall–Kier alpha value is -2.08. The zero-order chi connectivity index (χ0) is 21.3. The lowest BCUT2D eigenvalue weighted by Crippen LogP contribution is -2.49. The molecule has 1 atom stereocenters. The first kappa shape index (κ1) is 20.8. The van der Waals surface area contributed by atoms with Crippen LogP contribution in [0.5, 0.6) is 5.75 Å². The van der Waals surface area contributed by atoms with Gasteiger partial charge in [0, 0.05) is 42.7 Å². The number of rotatable bonds is 5. The Bertz CT molecular complexity index is 936. The van der Waals surface area contributed by atoms with Crippen LogP contribution in [0.2, 0.25) is 5.02 Å². The fourth-order valence-electron chi connectivity index (χ4n) is 5.35. The molecule has 0 radical (unpaired) electrons. The number of halogens is 1. The summed E-state index contributed by atoms with van der Waals surface area (Å²) in [7, 11) is 0. The molecule has 164 valence electrons. The monoisotopic (exact) mass is 439 g/mol. The Morgan fingerprint density at radius 3 is 2.58 bits per heavy atom. The summed E-state index contributed by atoms with van der Waals surface area (Å²) in [6, 6.07) is 15.0. The average molecular weight is 440 g/mol. The molecule has 2 heterocycles. The molecule has 2 aromatic carbocycles. The van der Waals surface area contributed by atoms with E-state index in [2.05, 4.69) is 34.9 Å². The molecular weight excluding hydrogens is 410 g/mol. The Morgan fingerprint density at radius 2 is 1.87 bits per heavy atom. The number of fused-ring (bicyclic) bond motifs is 1.